The van der Waals surface area contributed by atoms with Crippen molar-refractivity contribution in [2.24, 2.45) is 0 Å². The zero-order valence-electron chi connectivity index (χ0n) is 46.4. The van der Waals surface area contributed by atoms with Gasteiger partial charge in [0.1, 0.15) is 18.8 Å². The zero-order valence-corrected chi connectivity index (χ0v) is 46.4. The molecule has 1 rings (SSSR count). The van der Waals surface area contributed by atoms with Crippen molar-refractivity contribution in [2.45, 2.75) is 302 Å². The van der Waals surface area contributed by atoms with Gasteiger partial charge in [-0.05, 0) is 77.0 Å². The molecule has 12 nitrogen and oxygen atoms in total. The van der Waals surface area contributed by atoms with E-state index in [-0.39, 0.29) is 25.9 Å². The summed E-state index contributed by atoms with van der Waals surface area (Å²) in [5, 5.41) is 31.4. The lowest BCUT2D eigenvalue weighted by molar-refractivity contribution is -0.301. The van der Waals surface area contributed by atoms with Gasteiger partial charge >= 0.3 is 23.9 Å². The highest BCUT2D eigenvalue weighted by atomic mass is 16.7. The molecule has 0 spiro atoms. The number of rotatable bonds is 50. The largest absolute Gasteiger partial charge is 0.479 e. The van der Waals surface area contributed by atoms with Gasteiger partial charge in [-0.15, -0.1) is 0 Å². The molecular formula is C61H106O12. The second kappa shape index (κ2) is 49.6. The molecule has 3 N–H and O–H groups in total. The highest BCUT2D eigenvalue weighted by Gasteiger charge is 2.50. The first-order chi connectivity index (χ1) is 35.6. The lowest BCUT2D eigenvalue weighted by atomic mass is 9.98. The standard InChI is InChI=1S/C61H106O12/c1-4-7-10-13-16-19-22-24-25-26-27-28-29-31-33-35-38-41-44-47-53(62)69-50-52(71-54(63)48-45-42-39-37-34-30-23-20-17-14-11-8-5-2)51-70-61-59(57(66)56(65)58(73-61)60(67)68)72-55(64)49-46-43-40-36-32-21-18-15-12-9-6-3/h15-16,18-19,24-25,27-28,52,56-59,61,65-66H,4-14,17,20-23,26,29-51H2,1-3H3,(H,67,68)/b18-15-,19-16-,25-24-,28-27-. The smallest absolute Gasteiger partial charge is 0.335 e. The number of aliphatic hydroxyl groups is 2. The van der Waals surface area contributed by atoms with Crippen LogP contribution in [0.15, 0.2) is 48.6 Å². The Morgan fingerprint density at radius 2 is 0.836 bits per heavy atom. The molecule has 6 unspecified atom stereocenters. The van der Waals surface area contributed by atoms with Crippen molar-refractivity contribution in [3.8, 4) is 0 Å². The van der Waals surface area contributed by atoms with Gasteiger partial charge in [0.05, 0.1) is 6.61 Å². The summed E-state index contributed by atoms with van der Waals surface area (Å²) in [7, 11) is 0. The molecule has 1 aliphatic rings. The van der Waals surface area contributed by atoms with Gasteiger partial charge in [-0.2, -0.15) is 0 Å². The minimum Gasteiger partial charge on any atom is -0.479 e. The summed E-state index contributed by atoms with van der Waals surface area (Å²) in [4.78, 5) is 51.0. The van der Waals surface area contributed by atoms with Crippen molar-refractivity contribution in [1.29, 1.82) is 0 Å². The van der Waals surface area contributed by atoms with E-state index in [0.29, 0.717) is 19.3 Å². The predicted molar refractivity (Wildman–Crippen MR) is 294 cm³/mol. The number of hydrogen-bond acceptors (Lipinski definition) is 11. The van der Waals surface area contributed by atoms with Gasteiger partial charge < -0.3 is 39.0 Å². The quantitative estimate of drug-likeness (QED) is 0.0228. The fourth-order valence-electron chi connectivity index (χ4n) is 8.77. The molecular weight excluding hydrogens is 925 g/mol. The number of aliphatic carboxylic acids is 1. The van der Waals surface area contributed by atoms with E-state index in [1.807, 2.05) is 0 Å². The van der Waals surface area contributed by atoms with Crippen molar-refractivity contribution in [1.82, 2.24) is 0 Å². The number of aliphatic hydroxyl groups excluding tert-OH is 2. The maximum Gasteiger partial charge on any atom is 0.335 e. The van der Waals surface area contributed by atoms with Crippen molar-refractivity contribution >= 4 is 23.9 Å². The molecule has 0 saturated carbocycles. The van der Waals surface area contributed by atoms with Gasteiger partial charge in [0.2, 0.25) is 0 Å². The Labute approximate surface area is 443 Å². The summed E-state index contributed by atoms with van der Waals surface area (Å²) in [5.74, 6) is -3.13. The number of unbranched alkanes of at least 4 members (excludes halogenated alkanes) is 28. The van der Waals surface area contributed by atoms with Crippen LogP contribution in [0.5, 0.6) is 0 Å². The third-order valence-corrected chi connectivity index (χ3v) is 13.4. The van der Waals surface area contributed by atoms with Crippen molar-refractivity contribution < 1.29 is 58.2 Å². The van der Waals surface area contributed by atoms with Crippen molar-refractivity contribution in [2.75, 3.05) is 13.2 Å². The second-order valence-corrected chi connectivity index (χ2v) is 20.3. The SMILES string of the molecule is CCCC/C=C\CCCCCCCC(=O)OC1C(OCC(COC(=O)CCCCCCCC/C=C\C/C=C\C/C=C\CCCCC)OC(=O)CCCCCCCCCCCCCCC)OC(C(=O)O)C(O)C1O. The molecule has 12 heteroatoms. The second-order valence-electron chi connectivity index (χ2n) is 20.3. The Hall–Kier alpha value is -3.32. The van der Waals surface area contributed by atoms with E-state index in [1.165, 1.54) is 96.3 Å². The van der Waals surface area contributed by atoms with Crippen LogP contribution in [0.2, 0.25) is 0 Å². The van der Waals surface area contributed by atoms with Gasteiger partial charge in [0, 0.05) is 19.3 Å². The molecule has 1 aliphatic heterocycles. The molecule has 0 aromatic carbocycles. The Kier molecular flexibility index (Phi) is 45.9. The van der Waals surface area contributed by atoms with E-state index in [1.54, 1.807) is 0 Å². The maximum atomic E-state index is 13.1. The summed E-state index contributed by atoms with van der Waals surface area (Å²) in [6, 6.07) is 0. The monoisotopic (exact) mass is 1030 g/mol. The summed E-state index contributed by atoms with van der Waals surface area (Å²) in [6.45, 7) is 5.91. The van der Waals surface area contributed by atoms with Gasteiger partial charge in [-0.3, -0.25) is 14.4 Å². The van der Waals surface area contributed by atoms with E-state index in [9.17, 15) is 34.5 Å². The molecule has 1 saturated heterocycles. The van der Waals surface area contributed by atoms with E-state index in [0.717, 1.165) is 109 Å². The fourth-order valence-corrected chi connectivity index (χ4v) is 8.77. The molecule has 1 fully saturated rings. The number of ether oxygens (including phenoxy) is 5. The molecule has 0 bridgehead atoms. The van der Waals surface area contributed by atoms with E-state index < -0.39 is 67.3 Å². The Balaban J connectivity index is 2.68. The third kappa shape index (κ3) is 39.7. The third-order valence-electron chi connectivity index (χ3n) is 13.4. The van der Waals surface area contributed by atoms with Crippen molar-refractivity contribution in [3.63, 3.8) is 0 Å². The Morgan fingerprint density at radius 3 is 1.33 bits per heavy atom. The van der Waals surface area contributed by atoms with Crippen LogP contribution < -0.4 is 0 Å². The van der Waals surface area contributed by atoms with Crippen LogP contribution in [-0.4, -0.2) is 89.2 Å². The van der Waals surface area contributed by atoms with Crippen LogP contribution in [0.1, 0.15) is 265 Å². The van der Waals surface area contributed by atoms with Gasteiger partial charge in [0.15, 0.2) is 24.6 Å². The fraction of sp³-hybridized carbons (Fsp3) is 0.803. The van der Waals surface area contributed by atoms with Gasteiger partial charge in [-0.25, -0.2) is 4.79 Å². The molecule has 0 aromatic rings. The lowest BCUT2D eigenvalue weighted by Crippen LogP contribution is -2.61. The van der Waals surface area contributed by atoms with Crippen LogP contribution in [-0.2, 0) is 42.9 Å². The molecule has 6 atom stereocenters. The van der Waals surface area contributed by atoms with E-state index >= 15 is 0 Å². The summed E-state index contributed by atoms with van der Waals surface area (Å²) >= 11 is 0. The number of carboxylic acids is 1. The molecule has 1 heterocycles. The average molecular weight is 1030 g/mol. The normalized spacial score (nSPS) is 18.6. The van der Waals surface area contributed by atoms with Gasteiger partial charge in [-0.1, -0.05) is 217 Å². The van der Waals surface area contributed by atoms with Crippen LogP contribution in [0.25, 0.3) is 0 Å². The first-order valence-corrected chi connectivity index (χ1v) is 29.6. The topological polar surface area (TPSA) is 175 Å². The molecule has 73 heavy (non-hydrogen) atoms. The molecule has 0 radical (unpaired) electrons. The number of carbonyl (C=O) groups excluding carboxylic acids is 3. The number of allylic oxidation sites excluding steroid dienone is 8. The first-order valence-electron chi connectivity index (χ1n) is 29.6. The summed E-state index contributed by atoms with van der Waals surface area (Å²) in [5.41, 5.74) is 0. The first kappa shape index (κ1) is 67.7. The van der Waals surface area contributed by atoms with Crippen LogP contribution in [0.4, 0.5) is 0 Å². The molecule has 0 aliphatic carbocycles. The maximum absolute atomic E-state index is 13.1. The van der Waals surface area contributed by atoms with Crippen LogP contribution in [0.3, 0.4) is 0 Å². The lowest BCUT2D eigenvalue weighted by Gasteiger charge is -2.40. The highest BCUT2D eigenvalue weighted by Crippen LogP contribution is 2.26. The van der Waals surface area contributed by atoms with Crippen LogP contribution in [0, 0.1) is 0 Å². The molecule has 0 amide bonds. The Morgan fingerprint density at radius 1 is 0.452 bits per heavy atom. The summed E-state index contributed by atoms with van der Waals surface area (Å²) in [6.07, 6.45) is 46.6. The molecule has 422 valence electrons. The van der Waals surface area contributed by atoms with E-state index in [4.69, 9.17) is 23.7 Å². The average Bonchev–Trinajstić information content (AvgIpc) is 3.37. The van der Waals surface area contributed by atoms with Crippen LogP contribution >= 0.6 is 0 Å². The number of carboxylic acid groups (broad SMARTS) is 1. The number of carbonyl (C=O) groups is 4. The zero-order chi connectivity index (χ0) is 53.3. The highest BCUT2D eigenvalue weighted by molar-refractivity contribution is 5.74. The number of hydrogen-bond donors (Lipinski definition) is 3. The minimum absolute atomic E-state index is 0.0501. The molecule has 0 aromatic heterocycles. The number of esters is 3. The van der Waals surface area contributed by atoms with Gasteiger partial charge in [0.25, 0.3) is 0 Å². The predicted octanol–water partition coefficient (Wildman–Crippen LogP) is 15.0. The minimum atomic E-state index is -1.90. The Bertz CT molecular complexity index is 1460. The summed E-state index contributed by atoms with van der Waals surface area (Å²) < 4.78 is 28.4. The van der Waals surface area contributed by atoms with E-state index in [2.05, 4.69) is 69.4 Å². The van der Waals surface area contributed by atoms with Crippen molar-refractivity contribution in [3.05, 3.63) is 48.6 Å².